The van der Waals surface area contributed by atoms with Gasteiger partial charge in [0.2, 0.25) is 5.82 Å². The fourth-order valence-electron chi connectivity index (χ4n) is 9.88. The van der Waals surface area contributed by atoms with Gasteiger partial charge in [0.1, 0.15) is 0 Å². The van der Waals surface area contributed by atoms with Crippen LogP contribution in [0.3, 0.4) is 0 Å². The lowest BCUT2D eigenvalue weighted by molar-refractivity contribution is 0.381. The molecule has 0 aliphatic carbocycles. The Bertz CT molecular complexity index is 3840. The van der Waals surface area contributed by atoms with Crippen LogP contribution in [-0.2, 0) is 0 Å². The van der Waals surface area contributed by atoms with Gasteiger partial charge in [-0.25, -0.2) is 22.0 Å². The lowest BCUT2D eigenvalue weighted by Crippen LogP contribution is -2.08. The number of benzene rings is 10. The number of nitrogens with zero attached hydrogens (tertiary/aromatic N) is 3. The van der Waals surface area contributed by atoms with Crippen LogP contribution in [-0.4, -0.2) is 9.13 Å². The van der Waals surface area contributed by atoms with Gasteiger partial charge in [-0.05, 0) is 105 Å². The molecule has 0 bridgehead atoms. The molecule has 0 aliphatic rings. The second-order valence-electron chi connectivity index (χ2n) is 17.0. The quantitative estimate of drug-likeness (QED) is 0.0891. The average molecular weight is 904 g/mol. The zero-order valence-electron chi connectivity index (χ0n) is 36.4. The molecule has 0 unspecified atom stereocenters. The lowest BCUT2D eigenvalue weighted by atomic mass is 9.96. The predicted octanol–water partition coefficient (Wildman–Crippen LogP) is 16.8. The minimum absolute atomic E-state index is 0.299. The molecule has 0 spiro atoms. The standard InChI is InChI=1S/C61H34F5N3/c62-57-56(58(63)60(65)61(66)59(57)64)45-34-55(69-52-27-23-42(38-17-9-3-10-18-38)31-48(52)49-32-43(24-28-53(49)69)39-19-11-4-12-20-39)54(33-44(45)35-67)68-50-25-21-40(36-13-5-1-6-14-36)29-46(50)47-30-41(22-26-51(47)68)37-15-7-2-8-16-37/h1-34H. The largest absolute Gasteiger partial charge is 0.307 e. The molecule has 0 N–H and O–H groups in total. The SMILES string of the molecule is N#Cc1cc(-n2c3ccc(-c4ccccc4)cc3c3cc(-c4ccccc4)ccc32)c(-n2c3ccc(-c4ccccc4)cc3c3cc(-c4ccccc4)ccc32)cc1-c1c(F)c(F)c(F)c(F)c1F. The molecule has 0 amide bonds. The van der Waals surface area contributed by atoms with Gasteiger partial charge in [-0.1, -0.05) is 146 Å². The predicted molar refractivity (Wildman–Crippen MR) is 267 cm³/mol. The van der Waals surface area contributed by atoms with E-state index in [1.807, 2.05) is 179 Å². The number of aromatic nitrogens is 2. The van der Waals surface area contributed by atoms with Gasteiger partial charge >= 0.3 is 0 Å². The summed E-state index contributed by atoms with van der Waals surface area (Å²) >= 11 is 0. The average Bonchev–Trinajstić information content (AvgIpc) is 3.91. The lowest BCUT2D eigenvalue weighted by Gasteiger charge is -2.20. The van der Waals surface area contributed by atoms with Crippen LogP contribution in [0.5, 0.6) is 0 Å². The van der Waals surface area contributed by atoms with Gasteiger partial charge in [-0.3, -0.25) is 0 Å². The summed E-state index contributed by atoms with van der Waals surface area (Å²) in [4.78, 5) is 0. The second kappa shape index (κ2) is 16.4. The number of halogens is 5. The first-order valence-corrected chi connectivity index (χ1v) is 22.3. The molecule has 0 atom stereocenters. The fraction of sp³-hybridized carbons (Fsp3) is 0. The maximum atomic E-state index is 16.1. The second-order valence-corrected chi connectivity index (χ2v) is 17.0. The van der Waals surface area contributed by atoms with E-state index in [1.165, 1.54) is 12.1 Å². The van der Waals surface area contributed by atoms with Gasteiger partial charge in [-0.2, -0.15) is 5.26 Å². The van der Waals surface area contributed by atoms with Gasteiger partial charge in [-0.15, -0.1) is 0 Å². The van der Waals surface area contributed by atoms with Crippen molar-refractivity contribution < 1.29 is 22.0 Å². The fourth-order valence-corrected chi connectivity index (χ4v) is 9.88. The Kier molecular flexibility index (Phi) is 9.82. The van der Waals surface area contributed by atoms with E-state index < -0.39 is 40.2 Å². The van der Waals surface area contributed by atoms with Crippen molar-refractivity contribution in [3.63, 3.8) is 0 Å². The normalized spacial score (nSPS) is 11.5. The van der Waals surface area contributed by atoms with Crippen molar-refractivity contribution in [2.24, 2.45) is 0 Å². The summed E-state index contributed by atoms with van der Waals surface area (Å²) in [5.41, 5.74) is 9.52. The Labute approximate surface area is 392 Å². The summed E-state index contributed by atoms with van der Waals surface area (Å²) < 4.78 is 81.2. The highest BCUT2D eigenvalue weighted by molar-refractivity contribution is 6.14. The Balaban J connectivity index is 1.23. The van der Waals surface area contributed by atoms with Crippen molar-refractivity contribution in [3.05, 3.63) is 241 Å². The van der Waals surface area contributed by atoms with Crippen molar-refractivity contribution in [1.29, 1.82) is 5.26 Å². The zero-order valence-corrected chi connectivity index (χ0v) is 36.4. The molecule has 2 heterocycles. The maximum Gasteiger partial charge on any atom is 0.200 e. The van der Waals surface area contributed by atoms with Gasteiger partial charge in [0, 0.05) is 27.1 Å². The highest BCUT2D eigenvalue weighted by atomic mass is 19.2. The molecule has 328 valence electrons. The maximum absolute atomic E-state index is 16.1. The molecule has 8 heteroatoms. The molecule has 0 saturated heterocycles. The van der Waals surface area contributed by atoms with Crippen LogP contribution in [0.15, 0.2) is 206 Å². The molecule has 0 fully saturated rings. The van der Waals surface area contributed by atoms with E-state index in [4.69, 9.17) is 0 Å². The number of rotatable bonds is 7. The van der Waals surface area contributed by atoms with E-state index >= 15 is 17.6 Å². The first-order valence-electron chi connectivity index (χ1n) is 22.3. The van der Waals surface area contributed by atoms with E-state index in [9.17, 15) is 9.65 Å². The molecule has 2 aromatic heterocycles. The van der Waals surface area contributed by atoms with Crippen molar-refractivity contribution in [2.75, 3.05) is 0 Å². The molecule has 0 aliphatic heterocycles. The minimum atomic E-state index is -2.29. The monoisotopic (exact) mass is 903 g/mol. The Morgan fingerprint density at radius 1 is 0.304 bits per heavy atom. The van der Waals surface area contributed by atoms with Crippen molar-refractivity contribution in [2.45, 2.75) is 0 Å². The highest BCUT2D eigenvalue weighted by Crippen LogP contribution is 2.45. The smallest absolute Gasteiger partial charge is 0.200 e. The summed E-state index contributed by atoms with van der Waals surface area (Å²) in [5.74, 6) is -10.6. The summed E-state index contributed by atoms with van der Waals surface area (Å²) in [7, 11) is 0. The summed E-state index contributed by atoms with van der Waals surface area (Å²) in [6.45, 7) is 0. The minimum Gasteiger partial charge on any atom is -0.307 e. The van der Waals surface area contributed by atoms with Crippen LogP contribution >= 0.6 is 0 Å². The van der Waals surface area contributed by atoms with Gasteiger partial charge in [0.15, 0.2) is 23.3 Å². The number of hydrogen-bond donors (Lipinski definition) is 0. The number of fused-ring (bicyclic) bond motifs is 6. The van der Waals surface area contributed by atoms with Crippen LogP contribution in [0.25, 0.3) is 111 Å². The number of hydrogen-bond acceptors (Lipinski definition) is 1. The molecule has 10 aromatic carbocycles. The first kappa shape index (κ1) is 41.4. The van der Waals surface area contributed by atoms with E-state index in [0.29, 0.717) is 22.4 Å². The van der Waals surface area contributed by atoms with Gasteiger partial charge in [0.25, 0.3) is 0 Å². The molecule has 12 aromatic rings. The summed E-state index contributed by atoms with van der Waals surface area (Å²) in [6, 6.07) is 69.3. The molecule has 69 heavy (non-hydrogen) atoms. The molecule has 0 radical (unpaired) electrons. The first-order chi connectivity index (χ1) is 33.8. The number of nitriles is 1. The Hall–Kier alpha value is -9.06. The van der Waals surface area contributed by atoms with Crippen molar-refractivity contribution in [1.82, 2.24) is 9.13 Å². The third kappa shape index (κ3) is 6.70. The van der Waals surface area contributed by atoms with E-state index in [2.05, 4.69) is 30.3 Å². The van der Waals surface area contributed by atoms with Crippen molar-refractivity contribution >= 4 is 43.6 Å². The van der Waals surface area contributed by atoms with Gasteiger partial charge in [0.05, 0.1) is 50.6 Å². The molecule has 3 nitrogen and oxygen atoms in total. The molecule has 12 rings (SSSR count). The zero-order chi connectivity index (χ0) is 46.9. The third-order valence-electron chi connectivity index (χ3n) is 13.2. The summed E-state index contributed by atoms with van der Waals surface area (Å²) in [5, 5.41) is 14.4. The topological polar surface area (TPSA) is 33.6 Å². The van der Waals surface area contributed by atoms with Crippen LogP contribution in [0.2, 0.25) is 0 Å². The van der Waals surface area contributed by atoms with Gasteiger partial charge < -0.3 is 9.13 Å². The Morgan fingerprint density at radius 3 is 0.899 bits per heavy atom. The molecule has 0 saturated carbocycles. The van der Waals surface area contributed by atoms with Crippen LogP contribution in [0, 0.1) is 40.4 Å². The third-order valence-corrected chi connectivity index (χ3v) is 13.2. The highest BCUT2D eigenvalue weighted by Gasteiger charge is 2.30. The van der Waals surface area contributed by atoms with Crippen LogP contribution in [0.4, 0.5) is 22.0 Å². The van der Waals surface area contributed by atoms with E-state index in [0.717, 1.165) is 77.1 Å². The molecular formula is C61H34F5N3. The van der Waals surface area contributed by atoms with Crippen LogP contribution < -0.4 is 0 Å². The van der Waals surface area contributed by atoms with Crippen LogP contribution in [0.1, 0.15) is 5.56 Å². The van der Waals surface area contributed by atoms with E-state index in [1.54, 1.807) is 0 Å². The Morgan fingerprint density at radius 2 is 0.594 bits per heavy atom. The van der Waals surface area contributed by atoms with Crippen molar-refractivity contribution in [3.8, 4) is 73.1 Å². The summed E-state index contributed by atoms with van der Waals surface area (Å²) in [6.07, 6.45) is 0. The molecular weight excluding hydrogens is 870 g/mol. The van der Waals surface area contributed by atoms with E-state index in [-0.39, 0.29) is 5.56 Å².